The van der Waals surface area contributed by atoms with Gasteiger partial charge in [0.1, 0.15) is 16.9 Å². The lowest BCUT2D eigenvalue weighted by Crippen LogP contribution is -2.53. The highest BCUT2D eigenvalue weighted by Gasteiger charge is 2.44. The summed E-state index contributed by atoms with van der Waals surface area (Å²) in [4.78, 5) is 27.7. The number of fused-ring (bicyclic) bond motifs is 2. The summed E-state index contributed by atoms with van der Waals surface area (Å²) in [6.07, 6.45) is 1.71. The van der Waals surface area contributed by atoms with Crippen LogP contribution in [0.25, 0.3) is 11.0 Å². The molecular weight excluding hydrogens is 392 g/mol. The third kappa shape index (κ3) is 3.58. The van der Waals surface area contributed by atoms with E-state index < -0.39 is 5.60 Å². The minimum absolute atomic E-state index is 0.104. The number of aryl methyl sites for hydroxylation is 1. The number of hydrogen-bond acceptors (Lipinski definition) is 5. The molecule has 0 radical (unpaired) electrons. The second kappa shape index (κ2) is 7.48. The molecule has 1 atom stereocenters. The van der Waals surface area contributed by atoms with Gasteiger partial charge in [-0.2, -0.15) is 0 Å². The number of aromatic nitrogens is 3. The molecule has 1 saturated heterocycles. The number of ketones is 1. The molecule has 0 aliphatic carbocycles. The lowest BCUT2D eigenvalue weighted by Gasteiger charge is -2.44. The normalized spacial score (nSPS) is 18.6. The van der Waals surface area contributed by atoms with Crippen molar-refractivity contribution in [2.24, 2.45) is 5.92 Å². The number of hydrogen-bond donors (Lipinski definition) is 0. The van der Waals surface area contributed by atoms with Gasteiger partial charge in [0.2, 0.25) is 5.91 Å². The SMILES string of the molecule is Cc1ccc2c(c1)C(=O)CC1(CCN(C(=O)[C@H](C)Cn3nnc4ccccc43)CC1)O2. The summed E-state index contributed by atoms with van der Waals surface area (Å²) in [5.74, 6) is 0.702. The molecule has 0 bridgehead atoms. The molecule has 7 nitrogen and oxygen atoms in total. The Labute approximate surface area is 181 Å². The largest absolute Gasteiger partial charge is 0.486 e. The summed E-state index contributed by atoms with van der Waals surface area (Å²) in [7, 11) is 0. The Morgan fingerprint density at radius 1 is 1.19 bits per heavy atom. The van der Waals surface area contributed by atoms with Gasteiger partial charge in [-0.3, -0.25) is 9.59 Å². The van der Waals surface area contributed by atoms with E-state index in [9.17, 15) is 9.59 Å². The van der Waals surface area contributed by atoms with Crippen molar-refractivity contribution in [3.05, 3.63) is 53.6 Å². The van der Waals surface area contributed by atoms with Crippen LogP contribution in [0.3, 0.4) is 0 Å². The predicted octanol–water partition coefficient (Wildman–Crippen LogP) is 3.40. The van der Waals surface area contributed by atoms with E-state index in [1.165, 1.54) is 0 Å². The van der Waals surface area contributed by atoms with E-state index in [1.807, 2.05) is 61.2 Å². The highest BCUT2D eigenvalue weighted by Crippen LogP contribution is 2.39. The van der Waals surface area contributed by atoms with E-state index in [4.69, 9.17) is 4.74 Å². The van der Waals surface area contributed by atoms with Crippen LogP contribution >= 0.6 is 0 Å². The van der Waals surface area contributed by atoms with Crippen LogP contribution in [-0.4, -0.2) is 50.3 Å². The van der Waals surface area contributed by atoms with Crippen molar-refractivity contribution in [2.75, 3.05) is 13.1 Å². The van der Waals surface area contributed by atoms with E-state index >= 15 is 0 Å². The number of Topliss-reactive ketones (excluding diaryl/α,β-unsaturated/α-hetero) is 1. The monoisotopic (exact) mass is 418 g/mol. The molecule has 7 heteroatoms. The molecule has 0 unspecified atom stereocenters. The first-order valence-corrected chi connectivity index (χ1v) is 10.8. The lowest BCUT2D eigenvalue weighted by molar-refractivity contribution is -0.139. The fraction of sp³-hybridized carbons (Fsp3) is 0.417. The Bertz CT molecular complexity index is 1160. The number of nitrogens with zero attached hydrogens (tertiary/aromatic N) is 4. The maximum atomic E-state index is 13.1. The zero-order valence-corrected chi connectivity index (χ0v) is 17.9. The van der Waals surface area contributed by atoms with Crippen molar-refractivity contribution in [3.63, 3.8) is 0 Å². The van der Waals surface area contributed by atoms with Crippen molar-refractivity contribution in [3.8, 4) is 5.75 Å². The molecule has 3 heterocycles. The Morgan fingerprint density at radius 3 is 2.77 bits per heavy atom. The summed E-state index contributed by atoms with van der Waals surface area (Å²) in [6.45, 7) is 5.59. The summed E-state index contributed by atoms with van der Waals surface area (Å²) in [5.41, 5.74) is 3.00. The number of ether oxygens (including phenoxy) is 1. The number of para-hydroxylation sites is 1. The number of carbonyl (C=O) groups excluding carboxylic acids is 2. The van der Waals surface area contributed by atoms with Gasteiger partial charge >= 0.3 is 0 Å². The average Bonchev–Trinajstić information content (AvgIpc) is 3.17. The summed E-state index contributed by atoms with van der Waals surface area (Å²) < 4.78 is 8.12. The zero-order chi connectivity index (χ0) is 21.6. The fourth-order valence-corrected chi connectivity index (χ4v) is 4.72. The molecule has 5 rings (SSSR count). The number of amides is 1. The van der Waals surface area contributed by atoms with Crippen molar-refractivity contribution in [1.29, 1.82) is 0 Å². The van der Waals surface area contributed by atoms with Crippen LogP contribution in [0.4, 0.5) is 0 Å². The molecule has 1 amide bonds. The van der Waals surface area contributed by atoms with E-state index in [0.29, 0.717) is 50.2 Å². The second-order valence-corrected chi connectivity index (χ2v) is 8.87. The highest BCUT2D eigenvalue weighted by atomic mass is 16.5. The zero-order valence-electron chi connectivity index (χ0n) is 17.9. The van der Waals surface area contributed by atoms with Crippen molar-refractivity contribution in [2.45, 2.75) is 45.3 Å². The van der Waals surface area contributed by atoms with Crippen LogP contribution in [0.2, 0.25) is 0 Å². The van der Waals surface area contributed by atoms with Crippen LogP contribution < -0.4 is 4.74 Å². The summed E-state index contributed by atoms with van der Waals surface area (Å²) in [6, 6.07) is 13.5. The van der Waals surface area contributed by atoms with E-state index in [1.54, 1.807) is 4.68 Å². The van der Waals surface area contributed by atoms with Crippen LogP contribution in [0.1, 0.15) is 42.1 Å². The van der Waals surface area contributed by atoms with Gasteiger partial charge in [-0.15, -0.1) is 5.10 Å². The topological polar surface area (TPSA) is 77.3 Å². The molecule has 3 aromatic rings. The quantitative estimate of drug-likeness (QED) is 0.652. The minimum Gasteiger partial charge on any atom is -0.486 e. The Balaban J connectivity index is 1.24. The number of rotatable bonds is 3. The number of carbonyl (C=O) groups is 2. The molecule has 2 aliphatic rings. The van der Waals surface area contributed by atoms with Crippen LogP contribution in [-0.2, 0) is 11.3 Å². The van der Waals surface area contributed by atoms with Crippen molar-refractivity contribution >= 4 is 22.7 Å². The number of piperidine rings is 1. The van der Waals surface area contributed by atoms with Gasteiger partial charge in [-0.05, 0) is 31.2 Å². The standard InChI is InChI=1S/C24H26N4O3/c1-16-7-8-22-18(13-16)21(29)14-24(31-22)9-11-27(12-10-24)23(30)17(2)15-28-20-6-4-3-5-19(20)25-26-28/h3-8,13,17H,9-12,14-15H2,1-2H3/t17-/m1/s1. The molecule has 1 fully saturated rings. The van der Waals surface area contributed by atoms with Gasteiger partial charge in [0.15, 0.2) is 5.78 Å². The minimum atomic E-state index is -0.499. The molecule has 2 aliphatic heterocycles. The second-order valence-electron chi connectivity index (χ2n) is 8.87. The third-order valence-electron chi connectivity index (χ3n) is 6.52. The maximum absolute atomic E-state index is 13.1. The Morgan fingerprint density at radius 2 is 1.97 bits per heavy atom. The Kier molecular flexibility index (Phi) is 4.76. The molecule has 1 spiro atoms. The average molecular weight is 418 g/mol. The van der Waals surface area contributed by atoms with Gasteiger partial charge < -0.3 is 9.64 Å². The van der Waals surface area contributed by atoms with Crippen LogP contribution in [0, 0.1) is 12.8 Å². The maximum Gasteiger partial charge on any atom is 0.227 e. The van der Waals surface area contributed by atoms with Gasteiger partial charge in [0.05, 0.1) is 30.0 Å². The van der Waals surface area contributed by atoms with Crippen LogP contribution in [0.5, 0.6) is 5.75 Å². The molecule has 0 saturated carbocycles. The Hall–Kier alpha value is -3.22. The lowest BCUT2D eigenvalue weighted by atomic mass is 9.82. The molecule has 1 aromatic heterocycles. The molecule has 31 heavy (non-hydrogen) atoms. The third-order valence-corrected chi connectivity index (χ3v) is 6.52. The van der Waals surface area contributed by atoms with Crippen molar-refractivity contribution in [1.82, 2.24) is 19.9 Å². The van der Waals surface area contributed by atoms with Gasteiger partial charge in [-0.1, -0.05) is 35.9 Å². The van der Waals surface area contributed by atoms with Gasteiger partial charge in [-0.25, -0.2) is 4.68 Å². The number of likely N-dealkylation sites (tertiary alicyclic amines) is 1. The first-order valence-electron chi connectivity index (χ1n) is 10.8. The number of benzene rings is 2. The predicted molar refractivity (Wildman–Crippen MR) is 116 cm³/mol. The molecule has 0 N–H and O–H groups in total. The molecule has 160 valence electrons. The summed E-state index contributed by atoms with van der Waals surface area (Å²) >= 11 is 0. The first-order chi connectivity index (χ1) is 14.9. The van der Waals surface area contributed by atoms with E-state index in [0.717, 1.165) is 16.6 Å². The van der Waals surface area contributed by atoms with Crippen LogP contribution in [0.15, 0.2) is 42.5 Å². The van der Waals surface area contributed by atoms with Crippen molar-refractivity contribution < 1.29 is 14.3 Å². The smallest absolute Gasteiger partial charge is 0.227 e. The van der Waals surface area contributed by atoms with Gasteiger partial charge in [0.25, 0.3) is 0 Å². The highest BCUT2D eigenvalue weighted by molar-refractivity contribution is 6.00. The van der Waals surface area contributed by atoms with E-state index in [2.05, 4.69) is 10.3 Å². The summed E-state index contributed by atoms with van der Waals surface area (Å²) in [5, 5.41) is 8.38. The van der Waals surface area contributed by atoms with Gasteiger partial charge in [0, 0.05) is 25.9 Å². The van der Waals surface area contributed by atoms with E-state index in [-0.39, 0.29) is 17.6 Å². The first kappa shape index (κ1) is 19.7. The molecular formula is C24H26N4O3. The molecule has 2 aromatic carbocycles. The fourth-order valence-electron chi connectivity index (χ4n) is 4.72.